The number of hydrogen-bond acceptors (Lipinski definition) is 4. The van der Waals surface area contributed by atoms with Crippen molar-refractivity contribution in [2.24, 2.45) is 0 Å². The molecular formula is C23H21BrN2O3. The Morgan fingerprint density at radius 2 is 1.90 bits per heavy atom. The highest BCUT2D eigenvalue weighted by molar-refractivity contribution is 9.10. The van der Waals surface area contributed by atoms with Crippen molar-refractivity contribution in [3.63, 3.8) is 0 Å². The van der Waals surface area contributed by atoms with Gasteiger partial charge in [0.05, 0.1) is 0 Å². The maximum absolute atomic E-state index is 12.4. The van der Waals surface area contributed by atoms with Crippen LogP contribution in [0.5, 0.6) is 5.75 Å². The molecule has 1 amide bonds. The molecule has 2 aromatic carbocycles. The van der Waals surface area contributed by atoms with Crippen LogP contribution in [-0.2, 0) is 10.2 Å². The Labute approximate surface area is 178 Å². The molecule has 148 valence electrons. The molecule has 0 saturated carbocycles. The molecule has 0 unspecified atom stereocenters. The van der Waals surface area contributed by atoms with Gasteiger partial charge in [-0.15, -0.1) is 0 Å². The summed E-state index contributed by atoms with van der Waals surface area (Å²) >= 11 is 3.47. The van der Waals surface area contributed by atoms with Crippen LogP contribution in [0, 0.1) is 11.3 Å². The quantitative estimate of drug-likeness (QED) is 0.522. The summed E-state index contributed by atoms with van der Waals surface area (Å²) in [6.45, 7) is 6.04. The van der Waals surface area contributed by atoms with Gasteiger partial charge in [0.15, 0.2) is 6.61 Å². The Hall–Kier alpha value is -3.04. The minimum atomic E-state index is -0.404. The molecule has 0 aliphatic rings. The minimum Gasteiger partial charge on any atom is -0.483 e. The fourth-order valence-corrected chi connectivity index (χ4v) is 3.19. The Morgan fingerprint density at radius 1 is 1.17 bits per heavy atom. The minimum absolute atomic E-state index is 0.117. The zero-order valence-electron chi connectivity index (χ0n) is 16.5. The van der Waals surface area contributed by atoms with Crippen LogP contribution in [-0.4, -0.2) is 12.5 Å². The van der Waals surface area contributed by atoms with Crippen molar-refractivity contribution in [3.05, 3.63) is 70.2 Å². The smallest absolute Gasteiger partial charge is 0.264 e. The number of carbonyl (C=O) groups excluding carboxylic acids is 1. The van der Waals surface area contributed by atoms with Crippen LogP contribution in [0.3, 0.4) is 0 Å². The number of nitrogens with zero attached hydrogens (tertiary/aromatic N) is 1. The van der Waals surface area contributed by atoms with Crippen LogP contribution in [0.15, 0.2) is 63.5 Å². The van der Waals surface area contributed by atoms with Gasteiger partial charge in [-0.2, -0.15) is 5.26 Å². The van der Waals surface area contributed by atoms with Crippen LogP contribution in [0.2, 0.25) is 0 Å². The molecular weight excluding hydrogens is 432 g/mol. The first-order valence-electron chi connectivity index (χ1n) is 9.10. The van der Waals surface area contributed by atoms with E-state index in [4.69, 9.17) is 9.15 Å². The molecule has 0 fully saturated rings. The van der Waals surface area contributed by atoms with Gasteiger partial charge < -0.3 is 9.15 Å². The fraction of sp³-hybridized carbons (Fsp3) is 0.217. The van der Waals surface area contributed by atoms with Crippen LogP contribution >= 0.6 is 15.9 Å². The molecule has 0 bridgehead atoms. The van der Waals surface area contributed by atoms with Crippen LogP contribution < -0.4 is 10.1 Å². The number of benzene rings is 2. The number of halogens is 1. The van der Waals surface area contributed by atoms with E-state index in [9.17, 15) is 10.1 Å². The average molecular weight is 453 g/mol. The molecule has 1 aromatic heterocycles. The van der Waals surface area contributed by atoms with E-state index >= 15 is 0 Å². The Morgan fingerprint density at radius 3 is 2.55 bits per heavy atom. The molecule has 5 nitrogen and oxygen atoms in total. The second-order valence-electron chi connectivity index (χ2n) is 7.56. The lowest BCUT2D eigenvalue weighted by Crippen LogP contribution is -2.22. The van der Waals surface area contributed by atoms with Gasteiger partial charge in [0, 0.05) is 21.7 Å². The predicted octanol–water partition coefficient (Wildman–Crippen LogP) is 5.90. The third-order valence-corrected chi connectivity index (χ3v) is 4.77. The lowest BCUT2D eigenvalue weighted by molar-refractivity contribution is -0.118. The molecule has 3 rings (SSSR count). The summed E-state index contributed by atoms with van der Waals surface area (Å²) < 4.78 is 12.4. The van der Waals surface area contributed by atoms with E-state index < -0.39 is 5.91 Å². The van der Waals surface area contributed by atoms with E-state index in [2.05, 4.69) is 42.0 Å². The van der Waals surface area contributed by atoms with Gasteiger partial charge in [-0.3, -0.25) is 10.1 Å². The Bertz CT molecular complexity index is 1060. The number of ether oxygens (including phenoxy) is 1. The number of amides is 1. The fourth-order valence-electron chi connectivity index (χ4n) is 2.83. The summed E-state index contributed by atoms with van der Waals surface area (Å²) in [6, 6.07) is 18.7. The summed E-state index contributed by atoms with van der Waals surface area (Å²) in [7, 11) is 0. The maximum atomic E-state index is 12.4. The molecule has 3 aromatic rings. The van der Waals surface area contributed by atoms with Crippen molar-refractivity contribution >= 4 is 27.7 Å². The Kier molecular flexibility index (Phi) is 6.09. The van der Waals surface area contributed by atoms with E-state index in [0.717, 1.165) is 15.6 Å². The zero-order chi connectivity index (χ0) is 21.0. The number of nitrogens with one attached hydrogen (secondary N) is 1. The lowest BCUT2D eigenvalue weighted by atomic mass is 9.86. The standard InChI is InChI=1S/C23H21BrN2O3/c1-23(2,3)18-12-17(24)9-10-19(18)28-14-21(27)26-22-16(13-25)11-20(29-22)15-7-5-4-6-8-15/h4-12H,14H2,1-3H3,(H,26,27). The average Bonchev–Trinajstić information content (AvgIpc) is 3.09. The van der Waals surface area contributed by atoms with Gasteiger partial charge in [-0.05, 0) is 23.6 Å². The van der Waals surface area contributed by atoms with E-state index in [1.54, 1.807) is 6.07 Å². The molecule has 1 N–H and O–H groups in total. The van der Waals surface area contributed by atoms with E-state index in [1.165, 1.54) is 0 Å². The van der Waals surface area contributed by atoms with E-state index in [-0.39, 0.29) is 23.5 Å². The molecule has 6 heteroatoms. The molecule has 0 aliphatic carbocycles. The summed E-state index contributed by atoms with van der Waals surface area (Å²) in [6.07, 6.45) is 0. The second kappa shape index (κ2) is 8.54. The highest BCUT2D eigenvalue weighted by Gasteiger charge is 2.21. The first-order chi connectivity index (χ1) is 13.8. The van der Waals surface area contributed by atoms with Crippen molar-refractivity contribution in [2.45, 2.75) is 26.2 Å². The summed E-state index contributed by atoms with van der Waals surface area (Å²) in [5, 5.41) is 12.0. The van der Waals surface area contributed by atoms with E-state index in [0.29, 0.717) is 11.5 Å². The van der Waals surface area contributed by atoms with Crippen LogP contribution in [0.1, 0.15) is 31.9 Å². The molecule has 0 aliphatic heterocycles. The highest BCUT2D eigenvalue weighted by atomic mass is 79.9. The summed E-state index contributed by atoms with van der Waals surface area (Å²) in [5.41, 5.74) is 1.93. The normalized spacial score (nSPS) is 11.0. The van der Waals surface area contributed by atoms with Gasteiger partial charge in [-0.25, -0.2) is 0 Å². The van der Waals surface area contributed by atoms with Gasteiger partial charge in [0.2, 0.25) is 5.88 Å². The number of furan rings is 1. The Balaban J connectivity index is 1.73. The molecule has 0 radical (unpaired) electrons. The second-order valence-corrected chi connectivity index (χ2v) is 8.47. The molecule has 0 saturated heterocycles. The monoisotopic (exact) mass is 452 g/mol. The summed E-state index contributed by atoms with van der Waals surface area (Å²) in [4.78, 5) is 12.4. The largest absolute Gasteiger partial charge is 0.483 e. The zero-order valence-corrected chi connectivity index (χ0v) is 18.0. The SMILES string of the molecule is CC(C)(C)c1cc(Br)ccc1OCC(=O)Nc1oc(-c2ccccc2)cc1C#N. The van der Waals surface area contributed by atoms with E-state index in [1.807, 2.05) is 54.6 Å². The van der Waals surface area contributed by atoms with Crippen molar-refractivity contribution in [2.75, 3.05) is 11.9 Å². The molecule has 29 heavy (non-hydrogen) atoms. The van der Waals surface area contributed by atoms with Crippen molar-refractivity contribution in [1.82, 2.24) is 0 Å². The molecule has 0 atom stereocenters. The number of hydrogen-bond donors (Lipinski definition) is 1. The lowest BCUT2D eigenvalue weighted by Gasteiger charge is -2.23. The number of nitriles is 1. The predicted molar refractivity (Wildman–Crippen MR) is 116 cm³/mol. The third-order valence-electron chi connectivity index (χ3n) is 4.27. The van der Waals surface area contributed by atoms with Gasteiger partial charge in [-0.1, -0.05) is 67.0 Å². The number of rotatable bonds is 5. The number of anilines is 1. The third kappa shape index (κ3) is 5.07. The van der Waals surface area contributed by atoms with Crippen molar-refractivity contribution in [1.29, 1.82) is 5.26 Å². The van der Waals surface area contributed by atoms with Crippen molar-refractivity contribution in [3.8, 4) is 23.1 Å². The van der Waals surface area contributed by atoms with Crippen LogP contribution in [0.4, 0.5) is 5.88 Å². The van der Waals surface area contributed by atoms with Crippen LogP contribution in [0.25, 0.3) is 11.3 Å². The topological polar surface area (TPSA) is 75.3 Å². The molecule has 0 spiro atoms. The maximum Gasteiger partial charge on any atom is 0.264 e. The highest BCUT2D eigenvalue weighted by Crippen LogP contribution is 2.34. The first kappa shape index (κ1) is 20.7. The van der Waals surface area contributed by atoms with Gasteiger partial charge >= 0.3 is 0 Å². The molecule has 1 heterocycles. The summed E-state index contributed by atoms with van der Waals surface area (Å²) in [5.74, 6) is 0.868. The van der Waals surface area contributed by atoms with Crippen molar-refractivity contribution < 1.29 is 13.9 Å². The van der Waals surface area contributed by atoms with Gasteiger partial charge in [0.1, 0.15) is 23.1 Å². The first-order valence-corrected chi connectivity index (χ1v) is 9.89. The number of carbonyl (C=O) groups is 1. The van der Waals surface area contributed by atoms with Gasteiger partial charge in [0.25, 0.3) is 5.91 Å².